The lowest BCUT2D eigenvalue weighted by atomic mass is 9.79. The Morgan fingerprint density at radius 3 is 0.660 bits per heavy atom. The Labute approximate surface area is 582 Å². The molecule has 2 atom stereocenters. The summed E-state index contributed by atoms with van der Waals surface area (Å²) in [7, 11) is 0. The van der Waals surface area contributed by atoms with E-state index in [-0.39, 0.29) is 27.8 Å². The molecule has 0 aromatic heterocycles. The lowest BCUT2D eigenvalue weighted by Gasteiger charge is -2.32. The van der Waals surface area contributed by atoms with Crippen molar-refractivity contribution in [3.8, 4) is 0 Å². The summed E-state index contributed by atoms with van der Waals surface area (Å²) in [6.45, 7) is 6.54. The molecular weight excluding hydrogens is 1300 g/mol. The molecule has 5 aromatic carbocycles. The molecule has 25 nitrogen and oxygen atoms in total. The first kappa shape index (κ1) is 80.5. The molecule has 2 unspecified atom stereocenters. The van der Waals surface area contributed by atoms with Gasteiger partial charge in [-0.05, 0) is 166 Å². The van der Waals surface area contributed by atoms with Crippen LogP contribution in [-0.2, 0) is 105 Å². The minimum atomic E-state index is -1.62. The zero-order chi connectivity index (χ0) is 72.1. The number of unbranched alkanes of at least 4 members (excludes halogenated alkanes) is 10. The standard InChI is InChI=1S/C75H92O25/c1-6-11-16-21-53-26-36-58(37-27-53)66(76)91-96-71(81)86-48-46-63(50-88-73(83)98-93-68(78)60-40-30-55(31-41-60)23-18-13-8-3)65(52-90-75(85)100-95-70(80)62-44-34-57(35-45-62)25-20-15-10-5)64(51-89-74(84)99-94-69(79)61-42-32-56(33-43-61)24-19-14-9-4)47-49-87-72(82)97-92-67(77)59-38-28-54(29-39-59)22-17-12-7-2/h26-45,63-65H,6-25,46-52H2,1-5H3. The summed E-state index contributed by atoms with van der Waals surface area (Å²) in [4.78, 5) is 179. The maximum atomic E-state index is 13.5. The lowest BCUT2D eigenvalue weighted by molar-refractivity contribution is -0.210. The Hall–Kier alpha value is -10.2. The van der Waals surface area contributed by atoms with Crippen molar-refractivity contribution in [3.05, 3.63) is 177 Å². The molecular formula is C75H92O25. The fraction of sp³-hybridized carbons (Fsp3) is 0.467. The zero-order valence-corrected chi connectivity index (χ0v) is 57.6. The Kier molecular flexibility index (Phi) is 37.8. The average molecular weight is 1390 g/mol. The molecule has 0 radical (unpaired) electrons. The minimum Gasteiger partial charge on any atom is -0.432 e. The predicted molar refractivity (Wildman–Crippen MR) is 357 cm³/mol. The predicted octanol–water partition coefficient (Wildman–Crippen LogP) is 16.9. The first-order valence-electron chi connectivity index (χ1n) is 34.2. The van der Waals surface area contributed by atoms with Crippen LogP contribution in [0.2, 0.25) is 0 Å². The number of hydrogen-bond donors (Lipinski definition) is 0. The number of carbonyl (C=O) groups is 10. The first-order chi connectivity index (χ1) is 48.5. The van der Waals surface area contributed by atoms with E-state index in [1.54, 1.807) is 60.7 Å². The number of carbonyl (C=O) groups excluding carboxylic acids is 10. The zero-order valence-electron chi connectivity index (χ0n) is 57.6. The molecule has 5 rings (SSSR count). The summed E-state index contributed by atoms with van der Waals surface area (Å²) in [5, 5.41) is 0. The van der Waals surface area contributed by atoms with E-state index in [1.165, 1.54) is 60.7 Å². The van der Waals surface area contributed by atoms with Gasteiger partial charge in [-0.1, -0.05) is 159 Å². The van der Waals surface area contributed by atoms with Gasteiger partial charge in [0.15, 0.2) is 0 Å². The molecule has 100 heavy (non-hydrogen) atoms. The largest absolute Gasteiger partial charge is 0.549 e. The molecule has 0 N–H and O–H groups in total. The van der Waals surface area contributed by atoms with Crippen LogP contribution < -0.4 is 0 Å². The minimum absolute atomic E-state index is 0.0149. The van der Waals surface area contributed by atoms with E-state index < -0.39 is 124 Å². The highest BCUT2D eigenvalue weighted by Crippen LogP contribution is 2.30. The van der Waals surface area contributed by atoms with Crippen LogP contribution in [0.15, 0.2) is 121 Å². The second-order valence-corrected chi connectivity index (χ2v) is 23.7. The summed E-state index contributed by atoms with van der Waals surface area (Å²) >= 11 is 0. The highest BCUT2D eigenvalue weighted by molar-refractivity contribution is 5.91. The quantitative estimate of drug-likeness (QED) is 0.0116. The van der Waals surface area contributed by atoms with Crippen LogP contribution in [0, 0.1) is 17.8 Å². The van der Waals surface area contributed by atoms with E-state index in [1.807, 2.05) is 0 Å². The second kappa shape index (κ2) is 46.9. The van der Waals surface area contributed by atoms with Crippen molar-refractivity contribution >= 4 is 60.6 Å². The molecule has 0 aliphatic rings. The number of ether oxygens (including phenoxy) is 5. The molecule has 0 amide bonds. The first-order valence-corrected chi connectivity index (χ1v) is 34.2. The summed E-state index contributed by atoms with van der Waals surface area (Å²) < 4.78 is 27.0. The summed E-state index contributed by atoms with van der Waals surface area (Å²) in [5.74, 6) is -9.30. The summed E-state index contributed by atoms with van der Waals surface area (Å²) in [5.41, 5.74) is 4.98. The fourth-order valence-electron chi connectivity index (χ4n) is 10.3. The number of rotatable bonds is 39. The van der Waals surface area contributed by atoms with Gasteiger partial charge in [-0.25, -0.2) is 72.8 Å². The SMILES string of the molecule is CCCCCc1ccc(C(=O)OOC(=O)OCCC(COC(=O)OOC(=O)c2ccc(CCCCC)cc2)C(COC(=O)OOC(=O)c2ccc(CCCCC)cc2)C(CCOC(=O)OOC(=O)c2ccc(CCCCC)cc2)COC(=O)OOC(=O)c2ccc(CCCCC)cc2)cc1. The van der Waals surface area contributed by atoms with Gasteiger partial charge in [-0.2, -0.15) is 24.0 Å². The van der Waals surface area contributed by atoms with Crippen LogP contribution in [0.4, 0.5) is 24.0 Å². The van der Waals surface area contributed by atoms with Gasteiger partial charge < -0.3 is 23.7 Å². The van der Waals surface area contributed by atoms with Crippen molar-refractivity contribution < 1.29 is 121 Å². The topological polar surface area (TPSA) is 309 Å². The molecule has 0 fully saturated rings. The molecule has 0 heterocycles. The van der Waals surface area contributed by atoms with Crippen LogP contribution in [0.5, 0.6) is 0 Å². The highest BCUT2D eigenvalue weighted by atomic mass is 17.3. The molecule has 542 valence electrons. The van der Waals surface area contributed by atoms with Crippen LogP contribution in [-0.4, -0.2) is 93.7 Å². The lowest BCUT2D eigenvalue weighted by Crippen LogP contribution is -2.37. The van der Waals surface area contributed by atoms with Crippen LogP contribution >= 0.6 is 0 Å². The molecule has 0 aliphatic carbocycles. The summed E-state index contributed by atoms with van der Waals surface area (Å²) in [6, 6.07) is 32.1. The van der Waals surface area contributed by atoms with E-state index in [9.17, 15) is 47.9 Å². The number of hydrogen-bond acceptors (Lipinski definition) is 25. The monoisotopic (exact) mass is 1390 g/mol. The van der Waals surface area contributed by atoms with Crippen molar-refractivity contribution in [1.29, 1.82) is 0 Å². The van der Waals surface area contributed by atoms with Gasteiger partial charge in [0.25, 0.3) is 0 Å². The van der Waals surface area contributed by atoms with E-state index in [2.05, 4.69) is 44.4 Å². The van der Waals surface area contributed by atoms with E-state index in [0.717, 1.165) is 156 Å². The van der Waals surface area contributed by atoms with Crippen molar-refractivity contribution in [3.63, 3.8) is 0 Å². The Morgan fingerprint density at radius 1 is 0.250 bits per heavy atom. The molecule has 25 heteroatoms. The van der Waals surface area contributed by atoms with Gasteiger partial charge in [0.2, 0.25) is 0 Å². The smallest absolute Gasteiger partial charge is 0.432 e. The van der Waals surface area contributed by atoms with Crippen LogP contribution in [0.25, 0.3) is 0 Å². The average Bonchev–Trinajstić information content (AvgIpc) is 0.940. The molecule has 0 aliphatic heterocycles. The fourth-order valence-corrected chi connectivity index (χ4v) is 10.3. The highest BCUT2D eigenvalue weighted by Gasteiger charge is 2.35. The molecule has 5 aromatic rings. The van der Waals surface area contributed by atoms with Crippen LogP contribution in [0.3, 0.4) is 0 Å². The van der Waals surface area contributed by atoms with Crippen molar-refractivity contribution in [2.75, 3.05) is 33.0 Å². The van der Waals surface area contributed by atoms with E-state index >= 15 is 0 Å². The molecule has 0 bridgehead atoms. The number of aryl methyl sites for hydroxylation is 5. The molecule has 0 saturated heterocycles. The van der Waals surface area contributed by atoms with Gasteiger partial charge in [-0.15, -0.1) is 0 Å². The van der Waals surface area contributed by atoms with Crippen molar-refractivity contribution in [2.45, 2.75) is 176 Å². The van der Waals surface area contributed by atoms with E-state index in [4.69, 9.17) is 62.8 Å². The van der Waals surface area contributed by atoms with Crippen molar-refractivity contribution in [2.24, 2.45) is 17.8 Å². The van der Waals surface area contributed by atoms with Gasteiger partial charge in [0, 0.05) is 17.8 Å². The second-order valence-electron chi connectivity index (χ2n) is 23.7. The van der Waals surface area contributed by atoms with Gasteiger partial charge >= 0.3 is 60.6 Å². The Balaban J connectivity index is 1.41. The number of benzene rings is 5. The third-order valence-corrected chi connectivity index (χ3v) is 16.1. The van der Waals surface area contributed by atoms with E-state index in [0.29, 0.717) is 0 Å². The van der Waals surface area contributed by atoms with Gasteiger partial charge in [0.05, 0.1) is 60.9 Å². The van der Waals surface area contributed by atoms with Crippen LogP contribution in [0.1, 0.15) is 223 Å². The third-order valence-electron chi connectivity index (χ3n) is 16.1. The normalized spacial score (nSPS) is 11.6. The van der Waals surface area contributed by atoms with Gasteiger partial charge in [-0.3, -0.25) is 0 Å². The van der Waals surface area contributed by atoms with Crippen molar-refractivity contribution in [1.82, 2.24) is 0 Å². The third kappa shape index (κ3) is 31.5. The van der Waals surface area contributed by atoms with Gasteiger partial charge in [0.1, 0.15) is 0 Å². The molecule has 0 saturated carbocycles. The Bertz CT molecular complexity index is 3120. The molecule has 0 spiro atoms. The maximum Gasteiger partial charge on any atom is 0.549 e. The maximum absolute atomic E-state index is 13.5. The summed E-state index contributed by atoms with van der Waals surface area (Å²) in [6.07, 6.45) is 9.98. The Morgan fingerprint density at radius 2 is 0.450 bits per heavy atom.